The minimum Gasteiger partial charge on any atom is -0.476 e. The van der Waals surface area contributed by atoms with Crippen LogP contribution in [0.5, 0.6) is 5.75 Å². The van der Waals surface area contributed by atoms with E-state index in [1.54, 1.807) is 44.7 Å². The molecular weight excluding hydrogens is 728 g/mol. The maximum Gasteiger partial charge on any atom is 0.412 e. The minimum absolute atomic E-state index is 0.00952. The zero-order chi connectivity index (χ0) is 41.0. The summed E-state index contributed by atoms with van der Waals surface area (Å²) in [6.07, 6.45) is -1.36. The molecule has 2 aliphatic rings. The van der Waals surface area contributed by atoms with Gasteiger partial charge in [-0.05, 0) is 78.0 Å². The molecule has 0 saturated carbocycles. The molecule has 2 heterocycles. The van der Waals surface area contributed by atoms with Crippen molar-refractivity contribution in [1.29, 1.82) is 0 Å². The number of piperidine rings is 1. The molecule has 20 heteroatoms. The Morgan fingerprint density at radius 2 is 1.80 bits per heavy atom. The topological polar surface area (TPSA) is 240 Å². The summed E-state index contributed by atoms with van der Waals surface area (Å²) >= 11 is 0. The molecule has 20 nitrogen and oxygen atoms in total. The Kier molecular flexibility index (Phi) is 15.8. The van der Waals surface area contributed by atoms with Gasteiger partial charge in [0.1, 0.15) is 18.5 Å². The summed E-state index contributed by atoms with van der Waals surface area (Å²) in [5, 5.41) is 21.6. The van der Waals surface area contributed by atoms with E-state index in [0.29, 0.717) is 48.4 Å². The Morgan fingerprint density at radius 3 is 2.44 bits per heavy atom. The normalized spacial score (nSPS) is 17.2. The lowest BCUT2D eigenvalue weighted by Crippen LogP contribution is -2.55. The predicted molar refractivity (Wildman–Crippen MR) is 193 cm³/mol. The van der Waals surface area contributed by atoms with Crippen molar-refractivity contribution in [2.45, 2.75) is 123 Å². The van der Waals surface area contributed by atoms with Crippen molar-refractivity contribution < 1.29 is 58.0 Å². The average molecular weight is 781 g/mol. The fourth-order valence-electron chi connectivity index (χ4n) is 6.47. The Balaban J connectivity index is 1.63. The van der Waals surface area contributed by atoms with E-state index in [2.05, 4.69) is 15.0 Å². The largest absolute Gasteiger partial charge is 0.476 e. The third-order valence-electron chi connectivity index (χ3n) is 9.09. The van der Waals surface area contributed by atoms with Gasteiger partial charge in [0, 0.05) is 57.5 Å². The summed E-state index contributed by atoms with van der Waals surface area (Å²) in [5.74, 6) is -1.01. The minimum atomic E-state index is -1.24. The average Bonchev–Trinajstić information content (AvgIpc) is 3.09. The van der Waals surface area contributed by atoms with E-state index in [1.807, 2.05) is 13.8 Å². The molecule has 0 aromatic heterocycles. The lowest BCUT2D eigenvalue weighted by atomic mass is 9.97. The Hall–Kier alpha value is -5.43. The number of esters is 1. The number of ether oxygens (including phenoxy) is 3. The van der Waals surface area contributed by atoms with Gasteiger partial charge in [-0.1, -0.05) is 13.3 Å². The van der Waals surface area contributed by atoms with Gasteiger partial charge in [-0.25, -0.2) is 4.79 Å². The maximum atomic E-state index is 14.3. The highest BCUT2D eigenvalue weighted by molar-refractivity contribution is 6.05. The van der Waals surface area contributed by atoms with Crippen molar-refractivity contribution in [2.24, 2.45) is 0 Å². The first kappa shape index (κ1) is 44.0. The van der Waals surface area contributed by atoms with Gasteiger partial charge in [-0.3, -0.25) is 19.2 Å². The first-order valence-electron chi connectivity index (χ1n) is 18.3. The van der Waals surface area contributed by atoms with Crippen molar-refractivity contribution >= 4 is 35.5 Å². The molecule has 1 N–H and O–H groups in total. The number of carbonyl (C=O) groups is 5. The summed E-state index contributed by atoms with van der Waals surface area (Å²) in [6.45, 7) is 12.2. The van der Waals surface area contributed by atoms with Gasteiger partial charge in [0.25, 0.3) is 22.0 Å². The third-order valence-corrected chi connectivity index (χ3v) is 9.09. The van der Waals surface area contributed by atoms with Crippen LogP contribution in [0.3, 0.4) is 0 Å². The van der Waals surface area contributed by atoms with E-state index >= 15 is 0 Å². The van der Waals surface area contributed by atoms with Gasteiger partial charge in [0.05, 0.1) is 11.7 Å². The number of carbonyl (C=O) groups excluding carboxylic acids is 5. The molecule has 2 aliphatic heterocycles. The standard InChI is InChI=1S/C35H52N6O14/c1-8-30(42)36-15-17-38-28-19-27(23(4)18-29(28)54-35(6,7)33(38)45)32(44)39(22(2)3)25-12-11-16-37(20-25)34(46)53-24(5)52-31(43)14-10-9-13-26(55-41(49)50)21-51-40(47)48/h18-19,22,24-26H,8-17,20-21H2,1-7H3,(H,36,42)/t24?,25-,26?/m1/s1. The van der Waals surface area contributed by atoms with Crippen LogP contribution in [0.4, 0.5) is 10.5 Å². The smallest absolute Gasteiger partial charge is 0.412 e. The van der Waals surface area contributed by atoms with E-state index in [1.165, 1.54) is 16.7 Å². The van der Waals surface area contributed by atoms with Crippen LogP contribution in [0.1, 0.15) is 102 Å². The Labute approximate surface area is 318 Å². The maximum absolute atomic E-state index is 14.3. The molecule has 1 saturated heterocycles. The number of unbranched alkanes of at least 4 members (excludes halogenated alkanes) is 1. The van der Waals surface area contributed by atoms with Crippen LogP contribution >= 0.6 is 0 Å². The van der Waals surface area contributed by atoms with Crippen LogP contribution in [0, 0.1) is 27.2 Å². The van der Waals surface area contributed by atoms with E-state index < -0.39 is 52.9 Å². The molecule has 3 atom stereocenters. The van der Waals surface area contributed by atoms with Gasteiger partial charge in [0.15, 0.2) is 5.60 Å². The first-order valence-corrected chi connectivity index (χ1v) is 18.3. The van der Waals surface area contributed by atoms with Crippen LogP contribution in [-0.4, -0.2) is 113 Å². The number of likely N-dealkylation sites (tertiary alicyclic amines) is 1. The zero-order valence-corrected chi connectivity index (χ0v) is 32.4. The monoisotopic (exact) mass is 780 g/mol. The summed E-state index contributed by atoms with van der Waals surface area (Å²) in [4.78, 5) is 99.5. The molecule has 0 bridgehead atoms. The van der Waals surface area contributed by atoms with Crippen molar-refractivity contribution in [3.05, 3.63) is 43.5 Å². The van der Waals surface area contributed by atoms with Gasteiger partial charge < -0.3 is 43.9 Å². The number of nitrogens with one attached hydrogen (secondary N) is 1. The number of hydrogen-bond acceptors (Lipinski definition) is 14. The molecule has 4 amide bonds. The van der Waals surface area contributed by atoms with Crippen LogP contribution in [0.15, 0.2) is 12.1 Å². The molecule has 55 heavy (non-hydrogen) atoms. The number of anilines is 1. The highest BCUT2D eigenvalue weighted by Crippen LogP contribution is 2.40. The predicted octanol–water partition coefficient (Wildman–Crippen LogP) is 3.71. The van der Waals surface area contributed by atoms with E-state index in [4.69, 9.17) is 14.2 Å². The third kappa shape index (κ3) is 12.6. The van der Waals surface area contributed by atoms with Gasteiger partial charge in [0.2, 0.25) is 12.2 Å². The van der Waals surface area contributed by atoms with Gasteiger partial charge in [-0.15, -0.1) is 20.2 Å². The SMILES string of the molecule is CCC(=O)NCCN1C(=O)C(C)(C)Oc2cc(C)c(C(=O)N(C(C)C)[C@@H]3CCCN(C(=O)OC(C)OC(=O)CCCCC(CO[N+](=O)[O-])O[N+](=O)[O-])C3)cc21. The fourth-order valence-corrected chi connectivity index (χ4v) is 6.47. The van der Waals surface area contributed by atoms with E-state index in [0.717, 1.165) is 0 Å². The number of amides is 4. The lowest BCUT2D eigenvalue weighted by Gasteiger charge is -2.42. The molecule has 0 spiro atoms. The fraction of sp³-hybridized carbons (Fsp3) is 0.686. The highest BCUT2D eigenvalue weighted by atomic mass is 17.0. The lowest BCUT2D eigenvalue weighted by molar-refractivity contribution is -0.790. The number of benzene rings is 1. The van der Waals surface area contributed by atoms with Gasteiger partial charge in [-0.2, -0.15) is 0 Å². The van der Waals surface area contributed by atoms with E-state index in [-0.39, 0.29) is 69.1 Å². The summed E-state index contributed by atoms with van der Waals surface area (Å²) < 4.78 is 16.7. The van der Waals surface area contributed by atoms with Crippen LogP contribution < -0.4 is 15.0 Å². The van der Waals surface area contributed by atoms with Crippen molar-refractivity contribution in [3.8, 4) is 5.75 Å². The van der Waals surface area contributed by atoms with Crippen molar-refractivity contribution in [1.82, 2.24) is 15.1 Å². The molecule has 1 fully saturated rings. The second-order valence-corrected chi connectivity index (χ2v) is 14.1. The first-order chi connectivity index (χ1) is 25.8. The highest BCUT2D eigenvalue weighted by Gasteiger charge is 2.42. The molecule has 1 aromatic rings. The molecule has 3 rings (SSSR count). The van der Waals surface area contributed by atoms with Crippen molar-refractivity contribution in [3.63, 3.8) is 0 Å². The molecule has 306 valence electrons. The van der Waals surface area contributed by atoms with Crippen LogP contribution in [-0.2, 0) is 33.5 Å². The number of fused-ring (bicyclic) bond motifs is 1. The van der Waals surface area contributed by atoms with Gasteiger partial charge >= 0.3 is 12.1 Å². The molecular formula is C35H52N6O14. The number of nitrogens with zero attached hydrogens (tertiary/aromatic N) is 5. The second kappa shape index (κ2) is 19.8. The summed E-state index contributed by atoms with van der Waals surface area (Å²) in [5.41, 5.74) is 0.245. The van der Waals surface area contributed by atoms with Crippen molar-refractivity contribution in [2.75, 3.05) is 37.7 Å². The van der Waals surface area contributed by atoms with Crippen LogP contribution in [0.2, 0.25) is 0 Å². The summed E-state index contributed by atoms with van der Waals surface area (Å²) in [6, 6.07) is 2.71. The van der Waals surface area contributed by atoms with E-state index in [9.17, 15) is 44.2 Å². The number of rotatable bonds is 19. The number of aryl methyl sites for hydroxylation is 1. The number of hydrogen-bond donors (Lipinski definition) is 1. The second-order valence-electron chi connectivity index (χ2n) is 14.1. The Bertz CT molecular complexity index is 1590. The zero-order valence-electron chi connectivity index (χ0n) is 32.4. The molecule has 0 radical (unpaired) electrons. The summed E-state index contributed by atoms with van der Waals surface area (Å²) in [7, 11) is 0. The van der Waals surface area contributed by atoms with Crippen LogP contribution in [0.25, 0.3) is 0 Å². The molecule has 2 unspecified atom stereocenters. The molecule has 0 aliphatic carbocycles. The Morgan fingerprint density at radius 1 is 1.09 bits per heavy atom. The quantitative estimate of drug-likeness (QED) is 0.0692. The molecule has 1 aromatic carbocycles.